The predicted molar refractivity (Wildman–Crippen MR) is 114 cm³/mol. The van der Waals surface area contributed by atoms with Gasteiger partial charge in [0.1, 0.15) is 0 Å². The summed E-state index contributed by atoms with van der Waals surface area (Å²) < 4.78 is 0. The smallest absolute Gasteiger partial charge is 0.234 e. The second-order valence-electron chi connectivity index (χ2n) is 8.14. The highest BCUT2D eigenvalue weighted by Gasteiger charge is 2.28. The second-order valence-corrected chi connectivity index (χ2v) is 8.14. The average molecular weight is 392 g/mol. The maximum absolute atomic E-state index is 12.7. The third-order valence-corrected chi connectivity index (χ3v) is 5.99. The molecule has 0 unspecified atom stereocenters. The fourth-order valence-electron chi connectivity index (χ4n) is 4.53. The molecule has 29 heavy (non-hydrogen) atoms. The average Bonchev–Trinajstić information content (AvgIpc) is 2.75. The van der Waals surface area contributed by atoms with Crippen LogP contribution in [-0.4, -0.2) is 36.3 Å². The molecule has 1 heterocycles. The van der Waals surface area contributed by atoms with Crippen molar-refractivity contribution in [1.82, 2.24) is 10.2 Å². The quantitative estimate of drug-likeness (QED) is 0.820. The first-order valence-corrected chi connectivity index (χ1v) is 10.6. The molecule has 1 saturated heterocycles. The SMILES string of the molecule is O=C(CN1CCC[C@H](C(=O)Nc2ccccc2)C1)N[C@@H]1CCCc2ccccc21. The lowest BCUT2D eigenvalue weighted by molar-refractivity contribution is -0.126. The maximum atomic E-state index is 12.7. The van der Waals surface area contributed by atoms with Crippen molar-refractivity contribution in [3.8, 4) is 0 Å². The summed E-state index contributed by atoms with van der Waals surface area (Å²) >= 11 is 0. The molecular weight excluding hydrogens is 362 g/mol. The number of nitrogens with one attached hydrogen (secondary N) is 2. The summed E-state index contributed by atoms with van der Waals surface area (Å²) in [7, 11) is 0. The number of hydrogen-bond donors (Lipinski definition) is 2. The van der Waals surface area contributed by atoms with Gasteiger partial charge in [-0.2, -0.15) is 0 Å². The van der Waals surface area contributed by atoms with E-state index in [1.807, 2.05) is 36.4 Å². The fraction of sp³-hybridized carbons (Fsp3) is 0.417. The number of hydrogen-bond acceptors (Lipinski definition) is 3. The van der Waals surface area contributed by atoms with E-state index in [9.17, 15) is 9.59 Å². The van der Waals surface area contributed by atoms with Crippen LogP contribution in [-0.2, 0) is 16.0 Å². The minimum Gasteiger partial charge on any atom is -0.348 e. The Labute approximate surface area is 172 Å². The van der Waals surface area contributed by atoms with Crippen LogP contribution in [0.25, 0.3) is 0 Å². The second kappa shape index (κ2) is 9.23. The zero-order valence-corrected chi connectivity index (χ0v) is 16.8. The first-order valence-electron chi connectivity index (χ1n) is 10.6. The van der Waals surface area contributed by atoms with Crippen LogP contribution in [0, 0.1) is 5.92 Å². The monoisotopic (exact) mass is 391 g/mol. The van der Waals surface area contributed by atoms with Crippen molar-refractivity contribution in [2.45, 2.75) is 38.1 Å². The summed E-state index contributed by atoms with van der Waals surface area (Å²) in [5.41, 5.74) is 3.42. The molecule has 1 fully saturated rings. The van der Waals surface area contributed by atoms with Gasteiger partial charge in [-0.25, -0.2) is 0 Å². The molecule has 1 aliphatic carbocycles. The van der Waals surface area contributed by atoms with Gasteiger partial charge in [0, 0.05) is 12.2 Å². The summed E-state index contributed by atoms with van der Waals surface area (Å²) in [6.07, 6.45) is 4.99. The number of benzene rings is 2. The van der Waals surface area contributed by atoms with E-state index in [1.165, 1.54) is 11.1 Å². The van der Waals surface area contributed by atoms with Gasteiger partial charge in [-0.3, -0.25) is 14.5 Å². The number of rotatable bonds is 5. The van der Waals surface area contributed by atoms with E-state index in [2.05, 4.69) is 33.7 Å². The predicted octanol–water partition coefficient (Wildman–Crippen LogP) is 3.53. The number of likely N-dealkylation sites (tertiary alicyclic amines) is 1. The molecule has 4 rings (SSSR count). The lowest BCUT2D eigenvalue weighted by atomic mass is 9.88. The first-order chi connectivity index (χ1) is 14.2. The van der Waals surface area contributed by atoms with Crippen molar-refractivity contribution in [3.05, 3.63) is 65.7 Å². The van der Waals surface area contributed by atoms with Gasteiger partial charge in [0.25, 0.3) is 0 Å². The van der Waals surface area contributed by atoms with Gasteiger partial charge < -0.3 is 10.6 Å². The third kappa shape index (κ3) is 5.04. The normalized spacial score (nSPS) is 21.8. The Hall–Kier alpha value is -2.66. The van der Waals surface area contributed by atoms with E-state index in [-0.39, 0.29) is 23.8 Å². The first kappa shape index (κ1) is 19.6. The summed E-state index contributed by atoms with van der Waals surface area (Å²) in [4.78, 5) is 27.4. The highest BCUT2D eigenvalue weighted by atomic mass is 16.2. The van der Waals surface area contributed by atoms with E-state index >= 15 is 0 Å². The van der Waals surface area contributed by atoms with Crippen LogP contribution in [0.4, 0.5) is 5.69 Å². The molecular formula is C24H29N3O2. The minimum atomic E-state index is -0.0767. The standard InChI is InChI=1S/C24H29N3O2/c28-23(26-22-14-6-9-18-8-4-5-13-21(18)22)17-27-15-7-10-19(16-27)24(29)25-20-11-2-1-3-12-20/h1-5,8,11-13,19,22H,6-7,9-10,14-17H2,(H,25,29)(H,26,28)/t19-,22+/m0/s1. The Morgan fingerprint density at radius 2 is 1.76 bits per heavy atom. The molecule has 0 bridgehead atoms. The Morgan fingerprint density at radius 1 is 0.966 bits per heavy atom. The van der Waals surface area contributed by atoms with Crippen LogP contribution in [0.1, 0.15) is 42.9 Å². The fourth-order valence-corrected chi connectivity index (χ4v) is 4.53. The molecule has 152 valence electrons. The number of piperidine rings is 1. The van der Waals surface area contributed by atoms with Gasteiger partial charge in [-0.15, -0.1) is 0 Å². The molecule has 0 radical (unpaired) electrons. The van der Waals surface area contributed by atoms with E-state index in [0.717, 1.165) is 44.3 Å². The molecule has 1 aliphatic heterocycles. The zero-order valence-electron chi connectivity index (χ0n) is 16.8. The number of aryl methyl sites for hydroxylation is 1. The van der Waals surface area contributed by atoms with E-state index < -0.39 is 0 Å². The molecule has 2 aromatic carbocycles. The summed E-state index contributed by atoms with van der Waals surface area (Å²) in [6.45, 7) is 1.85. The van der Waals surface area contributed by atoms with Crippen molar-refractivity contribution in [2.24, 2.45) is 5.92 Å². The molecule has 5 heteroatoms. The molecule has 2 N–H and O–H groups in total. The maximum Gasteiger partial charge on any atom is 0.234 e. The number of carbonyl (C=O) groups is 2. The highest BCUT2D eigenvalue weighted by molar-refractivity contribution is 5.92. The van der Waals surface area contributed by atoms with Gasteiger partial charge >= 0.3 is 0 Å². The Bertz CT molecular complexity index is 852. The lowest BCUT2D eigenvalue weighted by Crippen LogP contribution is -2.46. The summed E-state index contributed by atoms with van der Waals surface area (Å²) in [5, 5.41) is 6.22. The molecule has 0 aromatic heterocycles. The zero-order chi connectivity index (χ0) is 20.1. The summed E-state index contributed by atoms with van der Waals surface area (Å²) in [5.74, 6) is 0.0190. The molecule has 2 aliphatic rings. The summed E-state index contributed by atoms with van der Waals surface area (Å²) in [6, 6.07) is 18.1. The lowest BCUT2D eigenvalue weighted by Gasteiger charge is -2.32. The Balaban J connectivity index is 1.30. The van der Waals surface area contributed by atoms with Crippen molar-refractivity contribution in [2.75, 3.05) is 25.0 Å². The largest absolute Gasteiger partial charge is 0.348 e. The Kier molecular flexibility index (Phi) is 6.25. The van der Waals surface area contributed by atoms with Crippen LogP contribution in [0.2, 0.25) is 0 Å². The molecule has 2 aromatic rings. The van der Waals surface area contributed by atoms with E-state index in [0.29, 0.717) is 13.1 Å². The van der Waals surface area contributed by atoms with Crippen LogP contribution in [0.3, 0.4) is 0 Å². The van der Waals surface area contributed by atoms with Crippen LogP contribution in [0.5, 0.6) is 0 Å². The van der Waals surface area contributed by atoms with Gasteiger partial charge in [0.2, 0.25) is 11.8 Å². The number of carbonyl (C=O) groups excluding carboxylic acids is 2. The van der Waals surface area contributed by atoms with Crippen molar-refractivity contribution in [3.63, 3.8) is 0 Å². The molecule has 0 spiro atoms. The van der Waals surface area contributed by atoms with Crippen LogP contribution in [0.15, 0.2) is 54.6 Å². The number of para-hydroxylation sites is 1. The molecule has 2 amide bonds. The molecule has 5 nitrogen and oxygen atoms in total. The number of fused-ring (bicyclic) bond motifs is 1. The van der Waals surface area contributed by atoms with E-state index in [1.54, 1.807) is 0 Å². The van der Waals surface area contributed by atoms with Crippen molar-refractivity contribution < 1.29 is 9.59 Å². The van der Waals surface area contributed by atoms with Gasteiger partial charge in [-0.05, 0) is 61.9 Å². The van der Waals surface area contributed by atoms with Crippen LogP contribution < -0.4 is 10.6 Å². The number of amides is 2. The minimum absolute atomic E-state index is 0.0440. The molecule has 2 atom stereocenters. The van der Waals surface area contributed by atoms with Crippen LogP contribution >= 0.6 is 0 Å². The van der Waals surface area contributed by atoms with Gasteiger partial charge in [0.15, 0.2) is 0 Å². The van der Waals surface area contributed by atoms with E-state index in [4.69, 9.17) is 0 Å². The third-order valence-electron chi connectivity index (χ3n) is 5.99. The highest BCUT2D eigenvalue weighted by Crippen LogP contribution is 2.29. The number of anilines is 1. The molecule has 0 saturated carbocycles. The topological polar surface area (TPSA) is 61.4 Å². The van der Waals surface area contributed by atoms with Crippen molar-refractivity contribution in [1.29, 1.82) is 0 Å². The Morgan fingerprint density at radius 3 is 2.62 bits per heavy atom. The van der Waals surface area contributed by atoms with Crippen molar-refractivity contribution >= 4 is 17.5 Å². The number of nitrogens with zero attached hydrogens (tertiary/aromatic N) is 1. The van der Waals surface area contributed by atoms with Gasteiger partial charge in [0.05, 0.1) is 18.5 Å². The van der Waals surface area contributed by atoms with Gasteiger partial charge in [-0.1, -0.05) is 42.5 Å².